The first-order valence-electron chi connectivity index (χ1n) is 7.09. The van der Waals surface area contributed by atoms with Gasteiger partial charge >= 0.3 is 0 Å². The topological polar surface area (TPSA) is 39.1 Å². The summed E-state index contributed by atoms with van der Waals surface area (Å²) < 4.78 is 0. The number of anilines is 1. The van der Waals surface area contributed by atoms with Crippen molar-refractivity contribution in [1.29, 1.82) is 5.26 Å². The van der Waals surface area contributed by atoms with Crippen molar-refractivity contribution in [1.82, 2.24) is 4.90 Å². The van der Waals surface area contributed by atoms with Crippen molar-refractivity contribution in [3.05, 3.63) is 65.2 Å². The number of nitrogens with zero attached hydrogens (tertiary/aromatic N) is 2. The largest absolute Gasteiger partial charge is 0.378 e. The van der Waals surface area contributed by atoms with E-state index in [1.807, 2.05) is 30.3 Å². The first kappa shape index (κ1) is 15.1. The van der Waals surface area contributed by atoms with E-state index in [0.717, 1.165) is 17.8 Å². The van der Waals surface area contributed by atoms with Gasteiger partial charge in [-0.05, 0) is 50.3 Å². The molecule has 0 heterocycles. The number of hydrogen-bond acceptors (Lipinski definition) is 3. The highest BCUT2D eigenvalue weighted by atomic mass is 15.1. The predicted octanol–water partition coefficient (Wildman–Crippen LogP) is 3.79. The van der Waals surface area contributed by atoms with Crippen molar-refractivity contribution in [2.24, 2.45) is 0 Å². The zero-order valence-electron chi connectivity index (χ0n) is 12.8. The molecule has 21 heavy (non-hydrogen) atoms. The Hall–Kier alpha value is -2.31. The van der Waals surface area contributed by atoms with Gasteiger partial charge in [0.1, 0.15) is 0 Å². The summed E-state index contributed by atoms with van der Waals surface area (Å²) in [6, 6.07) is 18.4. The third-order valence-electron chi connectivity index (χ3n) is 3.39. The summed E-state index contributed by atoms with van der Waals surface area (Å²) in [5, 5.41) is 12.5. The van der Waals surface area contributed by atoms with Crippen molar-refractivity contribution >= 4 is 5.69 Å². The van der Waals surface area contributed by atoms with Crippen molar-refractivity contribution in [2.45, 2.75) is 19.5 Å². The fraction of sp³-hybridized carbons (Fsp3) is 0.278. The highest BCUT2D eigenvalue weighted by Gasteiger charge is 2.09. The van der Waals surface area contributed by atoms with Crippen molar-refractivity contribution in [2.75, 3.05) is 19.4 Å². The van der Waals surface area contributed by atoms with Crippen LogP contribution in [0.25, 0.3) is 0 Å². The molecule has 3 heteroatoms. The smallest absolute Gasteiger partial charge is 0.0991 e. The number of hydrogen-bond donors (Lipinski definition) is 1. The van der Waals surface area contributed by atoms with E-state index < -0.39 is 0 Å². The van der Waals surface area contributed by atoms with Gasteiger partial charge in [-0.25, -0.2) is 0 Å². The maximum absolute atomic E-state index is 9.00. The van der Waals surface area contributed by atoms with Crippen LogP contribution < -0.4 is 5.32 Å². The van der Waals surface area contributed by atoms with E-state index in [4.69, 9.17) is 5.26 Å². The SMILES string of the molecule is CC(Nc1ccccc1CN(C)C)c1cccc(C#N)c1. The van der Waals surface area contributed by atoms with Gasteiger partial charge in [0.25, 0.3) is 0 Å². The fourth-order valence-electron chi connectivity index (χ4n) is 2.33. The molecule has 0 aliphatic rings. The number of nitrogens with one attached hydrogen (secondary N) is 1. The van der Waals surface area contributed by atoms with E-state index in [9.17, 15) is 0 Å². The van der Waals surface area contributed by atoms with E-state index in [1.165, 1.54) is 5.56 Å². The molecular weight excluding hydrogens is 258 g/mol. The highest BCUT2D eigenvalue weighted by Crippen LogP contribution is 2.23. The summed E-state index contributed by atoms with van der Waals surface area (Å²) in [6.07, 6.45) is 0. The summed E-state index contributed by atoms with van der Waals surface area (Å²) >= 11 is 0. The molecule has 0 bridgehead atoms. The van der Waals surface area contributed by atoms with Gasteiger partial charge in [0.05, 0.1) is 11.6 Å². The number of nitriles is 1. The Morgan fingerprint density at radius 3 is 2.62 bits per heavy atom. The lowest BCUT2D eigenvalue weighted by Crippen LogP contribution is -2.14. The second-order valence-corrected chi connectivity index (χ2v) is 5.50. The molecule has 0 fully saturated rings. The van der Waals surface area contributed by atoms with Gasteiger partial charge in [-0.15, -0.1) is 0 Å². The molecule has 0 saturated carbocycles. The molecule has 0 amide bonds. The van der Waals surface area contributed by atoms with E-state index >= 15 is 0 Å². The van der Waals surface area contributed by atoms with Crippen LogP contribution in [0.3, 0.4) is 0 Å². The lowest BCUT2D eigenvalue weighted by atomic mass is 10.0. The third kappa shape index (κ3) is 4.08. The van der Waals surface area contributed by atoms with Crippen molar-refractivity contribution < 1.29 is 0 Å². The fourth-order valence-corrected chi connectivity index (χ4v) is 2.33. The molecule has 1 atom stereocenters. The molecule has 0 aliphatic heterocycles. The second kappa shape index (κ2) is 6.92. The molecule has 0 aliphatic carbocycles. The molecule has 1 N–H and O–H groups in total. The number of benzene rings is 2. The van der Waals surface area contributed by atoms with Crippen LogP contribution in [0.2, 0.25) is 0 Å². The third-order valence-corrected chi connectivity index (χ3v) is 3.39. The second-order valence-electron chi connectivity index (χ2n) is 5.50. The summed E-state index contributed by atoms with van der Waals surface area (Å²) in [6.45, 7) is 3.01. The van der Waals surface area contributed by atoms with Crippen molar-refractivity contribution in [3.8, 4) is 6.07 Å². The average Bonchev–Trinajstić information content (AvgIpc) is 2.48. The summed E-state index contributed by atoms with van der Waals surface area (Å²) in [5.74, 6) is 0. The first-order valence-corrected chi connectivity index (χ1v) is 7.09. The van der Waals surface area contributed by atoms with Crippen LogP contribution in [-0.2, 0) is 6.54 Å². The summed E-state index contributed by atoms with van der Waals surface area (Å²) in [4.78, 5) is 2.15. The lowest BCUT2D eigenvalue weighted by molar-refractivity contribution is 0.403. The molecule has 0 radical (unpaired) electrons. The molecule has 2 aromatic rings. The Balaban J connectivity index is 2.19. The number of para-hydroxylation sites is 1. The van der Waals surface area contributed by atoms with E-state index in [1.54, 1.807) is 0 Å². The maximum atomic E-state index is 9.00. The Bertz CT molecular complexity index is 641. The Morgan fingerprint density at radius 1 is 1.14 bits per heavy atom. The van der Waals surface area contributed by atoms with Gasteiger partial charge in [-0.1, -0.05) is 30.3 Å². The Morgan fingerprint density at radius 2 is 1.90 bits per heavy atom. The average molecular weight is 279 g/mol. The van der Waals surface area contributed by atoms with E-state index in [2.05, 4.69) is 55.5 Å². The van der Waals surface area contributed by atoms with E-state index in [-0.39, 0.29) is 6.04 Å². The van der Waals surface area contributed by atoms with Crippen LogP contribution >= 0.6 is 0 Å². The molecule has 3 nitrogen and oxygen atoms in total. The molecule has 0 spiro atoms. The summed E-state index contributed by atoms with van der Waals surface area (Å²) in [5.41, 5.74) is 4.23. The standard InChI is InChI=1S/C18H21N3/c1-14(16-9-6-7-15(11-16)12-19)20-18-10-5-4-8-17(18)13-21(2)3/h4-11,14,20H,13H2,1-3H3. The minimum Gasteiger partial charge on any atom is -0.378 e. The van der Waals surface area contributed by atoms with Crippen molar-refractivity contribution in [3.63, 3.8) is 0 Å². The molecule has 2 aromatic carbocycles. The molecular formula is C18H21N3. The van der Waals surface area contributed by atoms with Gasteiger partial charge < -0.3 is 10.2 Å². The molecule has 1 unspecified atom stereocenters. The lowest BCUT2D eigenvalue weighted by Gasteiger charge is -2.20. The normalized spacial score (nSPS) is 12.0. The summed E-state index contributed by atoms with van der Waals surface area (Å²) in [7, 11) is 4.13. The van der Waals surface area contributed by atoms with E-state index in [0.29, 0.717) is 5.56 Å². The number of rotatable bonds is 5. The van der Waals surface area contributed by atoms with Gasteiger partial charge in [0.15, 0.2) is 0 Å². The predicted molar refractivity (Wildman–Crippen MR) is 87.0 cm³/mol. The monoisotopic (exact) mass is 279 g/mol. The minimum atomic E-state index is 0.154. The molecule has 0 saturated heterocycles. The van der Waals surface area contributed by atoms with Crippen LogP contribution in [0.4, 0.5) is 5.69 Å². The molecule has 2 rings (SSSR count). The molecule has 108 valence electrons. The Kier molecular flexibility index (Phi) is 4.97. The highest BCUT2D eigenvalue weighted by molar-refractivity contribution is 5.53. The van der Waals surface area contributed by atoms with Crippen LogP contribution in [-0.4, -0.2) is 19.0 Å². The molecule has 0 aromatic heterocycles. The minimum absolute atomic E-state index is 0.154. The zero-order chi connectivity index (χ0) is 15.2. The maximum Gasteiger partial charge on any atom is 0.0991 e. The zero-order valence-corrected chi connectivity index (χ0v) is 12.8. The van der Waals surface area contributed by atoms with Crippen LogP contribution in [0.1, 0.15) is 29.7 Å². The quantitative estimate of drug-likeness (QED) is 0.905. The van der Waals surface area contributed by atoms with Gasteiger partial charge in [0.2, 0.25) is 0 Å². The van der Waals surface area contributed by atoms with Gasteiger partial charge in [0, 0.05) is 18.3 Å². The van der Waals surface area contributed by atoms with Gasteiger partial charge in [-0.3, -0.25) is 0 Å². The van der Waals surface area contributed by atoms with Crippen LogP contribution in [0, 0.1) is 11.3 Å². The van der Waals surface area contributed by atoms with Gasteiger partial charge in [-0.2, -0.15) is 5.26 Å². The first-order chi connectivity index (χ1) is 10.1. The van der Waals surface area contributed by atoms with Crippen LogP contribution in [0.5, 0.6) is 0 Å². The van der Waals surface area contributed by atoms with Crippen LogP contribution in [0.15, 0.2) is 48.5 Å². The Labute approximate surface area is 126 Å².